The predicted octanol–water partition coefficient (Wildman–Crippen LogP) is 3.19. The van der Waals surface area contributed by atoms with Gasteiger partial charge in [0, 0.05) is 23.2 Å². The highest BCUT2D eigenvalue weighted by Gasteiger charge is 2.04. The van der Waals surface area contributed by atoms with E-state index in [1.807, 2.05) is 37.3 Å². The summed E-state index contributed by atoms with van der Waals surface area (Å²) in [7, 11) is 0. The van der Waals surface area contributed by atoms with Crippen molar-refractivity contribution in [2.75, 3.05) is 5.32 Å². The van der Waals surface area contributed by atoms with Crippen LogP contribution in [-0.4, -0.2) is 15.3 Å². The molecule has 4 nitrogen and oxygen atoms in total. The van der Waals surface area contributed by atoms with E-state index in [1.165, 1.54) is 0 Å². The average molecular weight is 253 g/mol. The van der Waals surface area contributed by atoms with Gasteiger partial charge in [0.05, 0.1) is 11.7 Å². The molecule has 3 N–H and O–H groups in total. The van der Waals surface area contributed by atoms with Crippen LogP contribution in [0, 0.1) is 6.92 Å². The van der Waals surface area contributed by atoms with E-state index < -0.39 is 0 Å². The average Bonchev–Trinajstić information content (AvgIpc) is 2.88. The van der Waals surface area contributed by atoms with Gasteiger partial charge < -0.3 is 10.4 Å². The fourth-order valence-electron chi connectivity index (χ4n) is 2.17. The second kappa shape index (κ2) is 4.65. The van der Waals surface area contributed by atoms with Crippen LogP contribution in [0.1, 0.15) is 11.1 Å². The molecule has 0 spiro atoms. The number of rotatable bonds is 3. The highest BCUT2D eigenvalue weighted by molar-refractivity contribution is 5.90. The lowest BCUT2D eigenvalue weighted by molar-refractivity contribution is 0.469. The second-order valence-corrected chi connectivity index (χ2v) is 4.62. The second-order valence-electron chi connectivity index (χ2n) is 4.62. The molecule has 0 radical (unpaired) electrons. The minimum absolute atomic E-state index is 0.317. The monoisotopic (exact) mass is 253 g/mol. The molecule has 2 aromatic carbocycles. The molecule has 0 bridgehead atoms. The summed E-state index contributed by atoms with van der Waals surface area (Å²) in [6.45, 7) is 2.59. The Labute approximate surface area is 111 Å². The zero-order valence-corrected chi connectivity index (χ0v) is 10.6. The summed E-state index contributed by atoms with van der Waals surface area (Å²) in [5, 5.41) is 21.2. The number of H-pyrrole nitrogens is 1. The number of aromatic nitrogens is 2. The van der Waals surface area contributed by atoms with E-state index >= 15 is 0 Å². The largest absolute Gasteiger partial charge is 0.508 e. The van der Waals surface area contributed by atoms with E-state index in [1.54, 1.807) is 12.3 Å². The lowest BCUT2D eigenvalue weighted by Crippen LogP contribution is -2.00. The van der Waals surface area contributed by atoms with Crippen molar-refractivity contribution in [2.24, 2.45) is 0 Å². The minimum atomic E-state index is 0.317. The third-order valence-corrected chi connectivity index (χ3v) is 3.19. The molecular weight excluding hydrogens is 238 g/mol. The predicted molar refractivity (Wildman–Crippen MR) is 76.3 cm³/mol. The number of fused-ring (bicyclic) bond motifs is 1. The Bertz CT molecular complexity index is 718. The van der Waals surface area contributed by atoms with Gasteiger partial charge in [-0.05, 0) is 25.1 Å². The van der Waals surface area contributed by atoms with Crippen molar-refractivity contribution in [3.8, 4) is 5.75 Å². The Balaban J connectivity index is 1.86. The van der Waals surface area contributed by atoms with Crippen molar-refractivity contribution in [1.82, 2.24) is 10.2 Å². The molecule has 3 aromatic rings. The van der Waals surface area contributed by atoms with E-state index in [0.29, 0.717) is 12.3 Å². The van der Waals surface area contributed by atoms with Gasteiger partial charge in [0.2, 0.25) is 0 Å². The summed E-state index contributed by atoms with van der Waals surface area (Å²) in [6, 6.07) is 11.6. The summed E-state index contributed by atoms with van der Waals surface area (Å²) in [5.41, 5.74) is 4.03. The summed E-state index contributed by atoms with van der Waals surface area (Å²) in [5.74, 6) is 0.317. The summed E-state index contributed by atoms with van der Waals surface area (Å²) in [6.07, 6.45) is 1.80. The zero-order chi connectivity index (χ0) is 13.2. The zero-order valence-electron chi connectivity index (χ0n) is 10.6. The molecule has 0 atom stereocenters. The van der Waals surface area contributed by atoms with Gasteiger partial charge in [-0.3, -0.25) is 5.10 Å². The number of anilines is 1. The molecule has 0 aliphatic heterocycles. The van der Waals surface area contributed by atoms with Crippen LogP contribution in [0.4, 0.5) is 5.69 Å². The van der Waals surface area contributed by atoms with Crippen molar-refractivity contribution >= 4 is 16.6 Å². The normalized spacial score (nSPS) is 10.8. The van der Waals surface area contributed by atoms with Crippen LogP contribution in [0.25, 0.3) is 10.9 Å². The highest BCUT2D eigenvalue weighted by atomic mass is 16.3. The van der Waals surface area contributed by atoms with E-state index in [2.05, 4.69) is 15.5 Å². The van der Waals surface area contributed by atoms with Crippen LogP contribution in [0.5, 0.6) is 5.75 Å². The van der Waals surface area contributed by atoms with Crippen LogP contribution in [0.15, 0.2) is 42.6 Å². The lowest BCUT2D eigenvalue weighted by atomic mass is 10.1. The molecule has 96 valence electrons. The molecule has 0 aliphatic rings. The number of nitrogens with one attached hydrogen (secondary N) is 2. The summed E-state index contributed by atoms with van der Waals surface area (Å²) in [4.78, 5) is 0. The first kappa shape index (κ1) is 11.6. The van der Waals surface area contributed by atoms with E-state index in [4.69, 9.17) is 0 Å². The van der Waals surface area contributed by atoms with Gasteiger partial charge in [0.1, 0.15) is 5.75 Å². The van der Waals surface area contributed by atoms with Crippen molar-refractivity contribution in [2.45, 2.75) is 13.5 Å². The molecular formula is C15H15N3O. The third-order valence-electron chi connectivity index (χ3n) is 3.19. The van der Waals surface area contributed by atoms with Gasteiger partial charge in [-0.25, -0.2) is 0 Å². The maximum Gasteiger partial charge on any atom is 0.120 e. The topological polar surface area (TPSA) is 60.9 Å². The van der Waals surface area contributed by atoms with Crippen molar-refractivity contribution in [3.63, 3.8) is 0 Å². The number of hydrogen-bond acceptors (Lipinski definition) is 3. The number of aromatic hydroxyl groups is 1. The molecule has 19 heavy (non-hydrogen) atoms. The number of nitrogens with zero attached hydrogens (tertiary/aromatic N) is 1. The Morgan fingerprint density at radius 3 is 3.05 bits per heavy atom. The van der Waals surface area contributed by atoms with Crippen molar-refractivity contribution < 1.29 is 5.11 Å². The molecule has 0 saturated carbocycles. The molecule has 0 amide bonds. The van der Waals surface area contributed by atoms with Crippen molar-refractivity contribution in [1.29, 1.82) is 0 Å². The van der Waals surface area contributed by atoms with Gasteiger partial charge in [-0.1, -0.05) is 23.8 Å². The Kier molecular flexibility index (Phi) is 2.83. The smallest absolute Gasteiger partial charge is 0.120 e. The fourth-order valence-corrected chi connectivity index (χ4v) is 2.17. The minimum Gasteiger partial charge on any atom is -0.508 e. The Hall–Kier alpha value is -2.49. The van der Waals surface area contributed by atoms with Gasteiger partial charge >= 0.3 is 0 Å². The number of aromatic amines is 1. The molecule has 1 heterocycles. The fraction of sp³-hybridized carbons (Fsp3) is 0.133. The Morgan fingerprint density at radius 1 is 1.26 bits per heavy atom. The maximum absolute atomic E-state index is 9.83. The molecule has 0 unspecified atom stereocenters. The first-order valence-electron chi connectivity index (χ1n) is 6.18. The van der Waals surface area contributed by atoms with Gasteiger partial charge in [-0.2, -0.15) is 5.10 Å². The molecule has 0 fully saturated rings. The first-order valence-corrected chi connectivity index (χ1v) is 6.18. The van der Waals surface area contributed by atoms with Crippen LogP contribution in [0.2, 0.25) is 0 Å². The lowest BCUT2D eigenvalue weighted by Gasteiger charge is -2.09. The van der Waals surface area contributed by atoms with Crippen molar-refractivity contribution in [3.05, 3.63) is 53.7 Å². The number of benzene rings is 2. The van der Waals surface area contributed by atoms with Crippen LogP contribution >= 0.6 is 0 Å². The van der Waals surface area contributed by atoms with Gasteiger partial charge in [0.25, 0.3) is 0 Å². The maximum atomic E-state index is 9.83. The van der Waals surface area contributed by atoms with Gasteiger partial charge in [-0.15, -0.1) is 0 Å². The first-order chi connectivity index (χ1) is 9.24. The number of phenols is 1. The summed E-state index contributed by atoms with van der Waals surface area (Å²) >= 11 is 0. The molecule has 0 aliphatic carbocycles. The SMILES string of the molecule is Cc1ccc(O)c(CNc2cccc3[nH]ncc23)c1. The van der Waals surface area contributed by atoms with Crippen LogP contribution in [0.3, 0.4) is 0 Å². The number of hydrogen-bond donors (Lipinski definition) is 3. The molecule has 4 heteroatoms. The molecule has 1 aromatic heterocycles. The standard InChI is InChI=1S/C15H15N3O/c1-10-5-6-15(19)11(7-10)8-16-13-3-2-4-14-12(13)9-17-18-14/h2-7,9,16,19H,8H2,1H3,(H,17,18). The van der Waals surface area contributed by atoms with Crippen LogP contribution in [-0.2, 0) is 6.54 Å². The molecule has 0 saturated heterocycles. The van der Waals surface area contributed by atoms with E-state index in [9.17, 15) is 5.11 Å². The number of phenolic OH excluding ortho intramolecular Hbond substituents is 1. The molecule has 3 rings (SSSR count). The number of aryl methyl sites for hydroxylation is 1. The van der Waals surface area contributed by atoms with E-state index in [-0.39, 0.29) is 0 Å². The van der Waals surface area contributed by atoms with Gasteiger partial charge in [0.15, 0.2) is 0 Å². The Morgan fingerprint density at radius 2 is 2.16 bits per heavy atom. The van der Waals surface area contributed by atoms with Crippen LogP contribution < -0.4 is 5.32 Å². The quantitative estimate of drug-likeness (QED) is 0.671. The third kappa shape index (κ3) is 2.25. The summed E-state index contributed by atoms with van der Waals surface area (Å²) < 4.78 is 0. The van der Waals surface area contributed by atoms with E-state index in [0.717, 1.165) is 27.7 Å². The highest BCUT2D eigenvalue weighted by Crippen LogP contribution is 2.24.